The molecule has 1 aromatic carbocycles. The Morgan fingerprint density at radius 3 is 2.66 bits per heavy atom. The maximum absolute atomic E-state index is 14.1. The van der Waals surface area contributed by atoms with Gasteiger partial charge in [0.05, 0.1) is 17.6 Å². The van der Waals surface area contributed by atoms with Gasteiger partial charge in [-0.2, -0.15) is 0 Å². The fourth-order valence-corrected chi connectivity index (χ4v) is 8.07. The molecular formula is C29H41N3O3. The molecule has 0 bridgehead atoms. The number of ether oxygens (including phenoxy) is 1. The third kappa shape index (κ3) is 4.21. The fourth-order valence-electron chi connectivity index (χ4n) is 8.07. The average Bonchev–Trinajstić information content (AvgIpc) is 3.58. The van der Waals surface area contributed by atoms with Crippen LogP contribution < -0.4 is 5.32 Å². The van der Waals surface area contributed by atoms with Crippen molar-refractivity contribution in [3.63, 3.8) is 0 Å². The monoisotopic (exact) mass is 479 g/mol. The summed E-state index contributed by atoms with van der Waals surface area (Å²) in [6.45, 7) is 4.58. The summed E-state index contributed by atoms with van der Waals surface area (Å²) >= 11 is 0. The molecule has 190 valence electrons. The summed E-state index contributed by atoms with van der Waals surface area (Å²) in [7, 11) is 0. The minimum atomic E-state index is -0.426. The number of rotatable bonds is 5. The molecule has 4 atom stereocenters. The minimum Gasteiger partial charge on any atom is -0.376 e. The Bertz CT molecular complexity index is 935. The number of fused-ring (bicyclic) bond motifs is 2. The van der Waals surface area contributed by atoms with E-state index in [0.717, 1.165) is 57.2 Å². The van der Waals surface area contributed by atoms with Crippen molar-refractivity contribution in [2.75, 3.05) is 32.8 Å². The Morgan fingerprint density at radius 2 is 1.83 bits per heavy atom. The van der Waals surface area contributed by atoms with Crippen molar-refractivity contribution in [2.45, 2.75) is 94.2 Å². The first-order valence-electron chi connectivity index (χ1n) is 14.2. The van der Waals surface area contributed by atoms with Crippen LogP contribution >= 0.6 is 0 Å². The predicted molar refractivity (Wildman–Crippen MR) is 135 cm³/mol. The van der Waals surface area contributed by atoms with Crippen LogP contribution in [0.5, 0.6) is 0 Å². The fraction of sp³-hybridized carbons (Fsp3) is 0.724. The number of hydrogen-bond acceptors (Lipinski definition) is 4. The average molecular weight is 480 g/mol. The van der Waals surface area contributed by atoms with E-state index in [2.05, 4.69) is 15.1 Å². The first kappa shape index (κ1) is 23.5. The summed E-state index contributed by atoms with van der Waals surface area (Å²) in [6, 6.07) is 8.50. The molecular weight excluding hydrogens is 438 g/mol. The summed E-state index contributed by atoms with van der Waals surface area (Å²) in [5.41, 5.74) is 1.22. The minimum absolute atomic E-state index is 0.0879. The van der Waals surface area contributed by atoms with E-state index >= 15 is 0 Å². The smallest absolute Gasteiger partial charge is 0.254 e. The van der Waals surface area contributed by atoms with Crippen LogP contribution in [0.4, 0.5) is 0 Å². The van der Waals surface area contributed by atoms with Gasteiger partial charge in [0, 0.05) is 31.3 Å². The zero-order valence-electron chi connectivity index (χ0n) is 21.1. The third-order valence-electron chi connectivity index (χ3n) is 9.73. The van der Waals surface area contributed by atoms with Crippen LogP contribution in [-0.4, -0.2) is 72.1 Å². The molecule has 0 radical (unpaired) electrons. The first-order chi connectivity index (χ1) is 17.2. The van der Waals surface area contributed by atoms with Crippen molar-refractivity contribution < 1.29 is 14.3 Å². The molecule has 4 aliphatic heterocycles. The van der Waals surface area contributed by atoms with E-state index in [1.807, 2.05) is 24.3 Å². The van der Waals surface area contributed by atoms with E-state index in [9.17, 15) is 9.59 Å². The standard InChI is InChI=1S/C29H41N3O3/c33-27(30-19-21-9-7-17-31-16-6-3-13-25(21)31)26-23-11-1-2-12-24(23)28(34)32(20-22-10-8-18-35-22)29(26)14-4-5-15-29/h1-2,11-12,21-22,25-26H,3-10,13-20H2,(H,30,33)/t21-,22+,25-,26+/m1/s1. The Kier molecular flexibility index (Phi) is 6.61. The number of amides is 2. The molecule has 0 aromatic heterocycles. The van der Waals surface area contributed by atoms with Crippen LogP contribution in [0.25, 0.3) is 0 Å². The van der Waals surface area contributed by atoms with Gasteiger partial charge in [0.15, 0.2) is 0 Å². The maximum Gasteiger partial charge on any atom is 0.254 e. The van der Waals surface area contributed by atoms with E-state index in [1.54, 1.807) is 0 Å². The number of nitrogens with one attached hydrogen (secondary N) is 1. The second-order valence-electron chi connectivity index (χ2n) is 11.6. The summed E-state index contributed by atoms with van der Waals surface area (Å²) < 4.78 is 5.97. The SMILES string of the molecule is O=C(NC[C@H]1CCCN2CCCC[C@H]12)[C@@H]1c2ccccc2C(=O)N(C[C@@H]2CCCO2)C12CCCC2. The van der Waals surface area contributed by atoms with E-state index in [-0.39, 0.29) is 23.8 Å². The molecule has 6 rings (SSSR count). The number of nitrogens with zero attached hydrogens (tertiary/aromatic N) is 2. The van der Waals surface area contributed by atoms with Crippen molar-refractivity contribution in [1.82, 2.24) is 15.1 Å². The van der Waals surface area contributed by atoms with E-state index in [1.165, 1.54) is 45.2 Å². The number of carbonyl (C=O) groups is 2. The number of benzene rings is 1. The highest BCUT2D eigenvalue weighted by atomic mass is 16.5. The van der Waals surface area contributed by atoms with Crippen LogP contribution in [-0.2, 0) is 9.53 Å². The Balaban J connectivity index is 1.28. The summed E-state index contributed by atoms with van der Waals surface area (Å²) in [5, 5.41) is 3.44. The normalized spacial score (nSPS) is 32.5. The second-order valence-corrected chi connectivity index (χ2v) is 11.6. The van der Waals surface area contributed by atoms with Gasteiger partial charge in [0.25, 0.3) is 5.91 Å². The lowest BCUT2D eigenvalue weighted by Crippen LogP contribution is -2.62. The van der Waals surface area contributed by atoms with Gasteiger partial charge in [-0.1, -0.05) is 37.5 Å². The van der Waals surface area contributed by atoms with Gasteiger partial charge in [-0.05, 0) is 82.0 Å². The molecule has 1 spiro atoms. The van der Waals surface area contributed by atoms with Crippen LogP contribution in [0.1, 0.15) is 92.5 Å². The summed E-state index contributed by atoms with van der Waals surface area (Å²) in [4.78, 5) is 32.7. The molecule has 0 unspecified atom stereocenters. The molecule has 6 nitrogen and oxygen atoms in total. The molecule has 3 saturated heterocycles. The molecule has 35 heavy (non-hydrogen) atoms. The molecule has 1 aromatic rings. The molecule has 2 amide bonds. The number of hydrogen-bond donors (Lipinski definition) is 1. The Labute approximate surface area is 209 Å². The quantitative estimate of drug-likeness (QED) is 0.691. The van der Waals surface area contributed by atoms with Crippen LogP contribution in [0.2, 0.25) is 0 Å². The van der Waals surface area contributed by atoms with Crippen molar-refractivity contribution >= 4 is 11.8 Å². The van der Waals surface area contributed by atoms with Gasteiger partial charge < -0.3 is 19.9 Å². The van der Waals surface area contributed by atoms with E-state index in [0.29, 0.717) is 24.1 Å². The van der Waals surface area contributed by atoms with Crippen molar-refractivity contribution in [2.24, 2.45) is 5.92 Å². The van der Waals surface area contributed by atoms with Crippen LogP contribution in [0, 0.1) is 5.92 Å². The maximum atomic E-state index is 14.1. The predicted octanol–water partition coefficient (Wildman–Crippen LogP) is 4.10. The van der Waals surface area contributed by atoms with Gasteiger partial charge >= 0.3 is 0 Å². The highest BCUT2D eigenvalue weighted by molar-refractivity contribution is 6.02. The highest BCUT2D eigenvalue weighted by Gasteiger charge is 2.56. The Morgan fingerprint density at radius 1 is 1.00 bits per heavy atom. The van der Waals surface area contributed by atoms with Crippen LogP contribution in [0.15, 0.2) is 24.3 Å². The van der Waals surface area contributed by atoms with Gasteiger partial charge in [-0.25, -0.2) is 0 Å². The highest BCUT2D eigenvalue weighted by Crippen LogP contribution is 2.50. The van der Waals surface area contributed by atoms with Crippen molar-refractivity contribution in [3.8, 4) is 0 Å². The van der Waals surface area contributed by atoms with Gasteiger partial charge in [0.2, 0.25) is 5.91 Å². The second kappa shape index (κ2) is 9.85. The van der Waals surface area contributed by atoms with E-state index < -0.39 is 5.54 Å². The lowest BCUT2D eigenvalue weighted by atomic mass is 9.70. The topological polar surface area (TPSA) is 61.9 Å². The van der Waals surface area contributed by atoms with Gasteiger partial charge in [-0.3, -0.25) is 9.59 Å². The summed E-state index contributed by atoms with van der Waals surface area (Å²) in [6.07, 6.45) is 12.4. The number of piperidine rings is 2. The van der Waals surface area contributed by atoms with Gasteiger partial charge in [-0.15, -0.1) is 0 Å². The third-order valence-corrected chi connectivity index (χ3v) is 9.73. The van der Waals surface area contributed by atoms with Crippen molar-refractivity contribution in [3.05, 3.63) is 35.4 Å². The largest absolute Gasteiger partial charge is 0.376 e. The first-order valence-corrected chi connectivity index (χ1v) is 14.2. The summed E-state index contributed by atoms with van der Waals surface area (Å²) in [5.74, 6) is 0.451. The number of carbonyl (C=O) groups excluding carboxylic acids is 2. The van der Waals surface area contributed by atoms with Gasteiger partial charge in [0.1, 0.15) is 0 Å². The van der Waals surface area contributed by atoms with Crippen LogP contribution in [0.3, 0.4) is 0 Å². The van der Waals surface area contributed by atoms with Crippen molar-refractivity contribution in [1.29, 1.82) is 0 Å². The zero-order valence-corrected chi connectivity index (χ0v) is 21.1. The van der Waals surface area contributed by atoms with E-state index in [4.69, 9.17) is 4.74 Å². The molecule has 4 fully saturated rings. The molecule has 1 N–H and O–H groups in total. The Hall–Kier alpha value is -1.92. The molecule has 6 heteroatoms. The molecule has 1 saturated carbocycles. The molecule has 4 heterocycles. The lowest BCUT2D eigenvalue weighted by molar-refractivity contribution is -0.127. The molecule has 1 aliphatic carbocycles. The molecule has 5 aliphatic rings. The zero-order chi connectivity index (χ0) is 23.8. The lowest BCUT2D eigenvalue weighted by Gasteiger charge is -2.51.